The predicted molar refractivity (Wildman–Crippen MR) is 79.6 cm³/mol. The Morgan fingerprint density at radius 3 is 2.75 bits per heavy atom. The fourth-order valence-electron chi connectivity index (χ4n) is 1.37. The first kappa shape index (κ1) is 14.2. The van der Waals surface area contributed by atoms with Crippen molar-refractivity contribution in [1.82, 2.24) is 5.43 Å². The van der Waals surface area contributed by atoms with Gasteiger partial charge in [-0.05, 0) is 40.8 Å². The fraction of sp³-hybridized carbons (Fsp3) is 0. The Kier molecular flexibility index (Phi) is 4.45. The number of nitrogens with zero attached hydrogens (tertiary/aromatic N) is 2. The van der Waals surface area contributed by atoms with Crippen molar-refractivity contribution in [3.05, 3.63) is 61.4 Å². The average Bonchev–Trinajstić information content (AvgIpc) is 2.88. The molecule has 0 unspecified atom stereocenters. The molecule has 0 radical (unpaired) electrons. The summed E-state index contributed by atoms with van der Waals surface area (Å²) in [5, 5.41) is 14.1. The van der Waals surface area contributed by atoms with Crippen molar-refractivity contribution in [3.8, 4) is 0 Å². The van der Waals surface area contributed by atoms with Gasteiger partial charge in [0.2, 0.25) is 0 Å². The van der Waals surface area contributed by atoms with Crippen LogP contribution in [0.25, 0.3) is 0 Å². The van der Waals surface area contributed by atoms with Crippen LogP contribution < -0.4 is 5.43 Å². The monoisotopic (exact) mass is 385 g/mol. The van der Waals surface area contributed by atoms with Crippen LogP contribution in [0.1, 0.15) is 16.1 Å². The molecule has 1 aromatic heterocycles. The standard InChI is InChI=1S/C12H8IN3O4/c13-10-4-2-1-3-9(10)12(17)15-14-7-8-5-6-11(20-8)16(18)19/h1-7H,(H,15,17). The van der Waals surface area contributed by atoms with Gasteiger partial charge in [-0.15, -0.1) is 0 Å². The van der Waals surface area contributed by atoms with Gasteiger partial charge in [-0.25, -0.2) is 5.43 Å². The summed E-state index contributed by atoms with van der Waals surface area (Å²) in [5.41, 5.74) is 2.82. The Morgan fingerprint density at radius 1 is 1.35 bits per heavy atom. The van der Waals surface area contributed by atoms with E-state index in [0.29, 0.717) is 5.56 Å². The van der Waals surface area contributed by atoms with Crippen LogP contribution in [0.4, 0.5) is 5.88 Å². The first-order chi connectivity index (χ1) is 9.58. The quantitative estimate of drug-likeness (QED) is 0.379. The molecule has 2 rings (SSSR count). The maximum absolute atomic E-state index is 11.8. The smallest absolute Gasteiger partial charge is 0.400 e. The molecule has 8 heteroatoms. The van der Waals surface area contributed by atoms with Crippen molar-refractivity contribution in [1.29, 1.82) is 0 Å². The number of benzene rings is 1. The minimum Gasteiger partial charge on any atom is -0.400 e. The topological polar surface area (TPSA) is 97.7 Å². The highest BCUT2D eigenvalue weighted by Gasteiger charge is 2.11. The van der Waals surface area contributed by atoms with E-state index in [9.17, 15) is 14.9 Å². The number of hydrazone groups is 1. The van der Waals surface area contributed by atoms with E-state index in [0.717, 1.165) is 3.57 Å². The summed E-state index contributed by atoms with van der Waals surface area (Å²) >= 11 is 2.04. The first-order valence-corrected chi connectivity index (χ1v) is 6.48. The van der Waals surface area contributed by atoms with E-state index in [1.165, 1.54) is 18.3 Å². The van der Waals surface area contributed by atoms with Crippen LogP contribution in [-0.2, 0) is 0 Å². The molecule has 0 fully saturated rings. The van der Waals surface area contributed by atoms with Crippen molar-refractivity contribution in [3.63, 3.8) is 0 Å². The van der Waals surface area contributed by atoms with Crippen LogP contribution in [-0.4, -0.2) is 17.0 Å². The van der Waals surface area contributed by atoms with Crippen LogP contribution in [0.2, 0.25) is 0 Å². The van der Waals surface area contributed by atoms with Crippen molar-refractivity contribution in [2.45, 2.75) is 0 Å². The molecule has 20 heavy (non-hydrogen) atoms. The van der Waals surface area contributed by atoms with Gasteiger partial charge in [0.1, 0.15) is 4.92 Å². The summed E-state index contributed by atoms with van der Waals surface area (Å²) in [5.74, 6) is -0.567. The molecule has 0 aliphatic carbocycles. The van der Waals surface area contributed by atoms with Gasteiger partial charge in [0.15, 0.2) is 5.76 Å². The number of halogens is 1. The average molecular weight is 385 g/mol. The van der Waals surface area contributed by atoms with Gasteiger partial charge in [-0.1, -0.05) is 12.1 Å². The lowest BCUT2D eigenvalue weighted by atomic mass is 10.2. The van der Waals surface area contributed by atoms with Gasteiger partial charge in [0.05, 0.1) is 17.8 Å². The molecule has 0 atom stereocenters. The second kappa shape index (κ2) is 6.28. The lowest BCUT2D eigenvalue weighted by Crippen LogP contribution is -2.18. The molecule has 1 N–H and O–H groups in total. The number of amides is 1. The zero-order valence-electron chi connectivity index (χ0n) is 9.95. The number of hydrogen-bond acceptors (Lipinski definition) is 5. The lowest BCUT2D eigenvalue weighted by molar-refractivity contribution is -0.402. The van der Waals surface area contributed by atoms with E-state index in [1.807, 2.05) is 28.7 Å². The zero-order chi connectivity index (χ0) is 14.5. The highest BCUT2D eigenvalue weighted by Crippen LogP contribution is 2.14. The van der Waals surface area contributed by atoms with Crippen molar-refractivity contribution >= 4 is 40.6 Å². The fourth-order valence-corrected chi connectivity index (χ4v) is 2.00. The van der Waals surface area contributed by atoms with E-state index >= 15 is 0 Å². The van der Waals surface area contributed by atoms with E-state index in [2.05, 4.69) is 10.5 Å². The molecule has 0 aliphatic rings. The molecule has 102 valence electrons. The Bertz CT molecular complexity index is 681. The third kappa shape index (κ3) is 3.41. The van der Waals surface area contributed by atoms with Crippen molar-refractivity contribution in [2.75, 3.05) is 0 Å². The maximum atomic E-state index is 11.8. The Balaban J connectivity index is 2.01. The molecule has 1 amide bonds. The zero-order valence-corrected chi connectivity index (χ0v) is 12.1. The normalized spacial score (nSPS) is 10.7. The number of nitro groups is 1. The van der Waals surface area contributed by atoms with E-state index in [-0.39, 0.29) is 17.6 Å². The van der Waals surface area contributed by atoms with Gasteiger partial charge >= 0.3 is 5.88 Å². The molecule has 0 aliphatic heterocycles. The summed E-state index contributed by atoms with van der Waals surface area (Å²) in [6.45, 7) is 0. The third-order valence-corrected chi connectivity index (χ3v) is 3.21. The Hall–Kier alpha value is -2.23. The predicted octanol–water partition coefficient (Wildman–Crippen LogP) is 2.56. The van der Waals surface area contributed by atoms with E-state index in [4.69, 9.17) is 4.42 Å². The van der Waals surface area contributed by atoms with E-state index < -0.39 is 4.92 Å². The number of carbonyl (C=O) groups is 1. The summed E-state index contributed by atoms with van der Waals surface area (Å²) in [4.78, 5) is 21.6. The first-order valence-electron chi connectivity index (χ1n) is 5.40. The van der Waals surface area contributed by atoms with Gasteiger partial charge in [-0.3, -0.25) is 14.9 Å². The number of nitrogens with one attached hydrogen (secondary N) is 1. The Morgan fingerprint density at radius 2 is 2.10 bits per heavy atom. The number of furan rings is 1. The molecule has 0 spiro atoms. The second-order valence-electron chi connectivity index (χ2n) is 3.61. The number of carbonyl (C=O) groups excluding carboxylic acids is 1. The minimum atomic E-state index is -0.651. The van der Waals surface area contributed by atoms with Crippen LogP contribution >= 0.6 is 22.6 Å². The molecule has 1 aromatic carbocycles. The van der Waals surface area contributed by atoms with Crippen molar-refractivity contribution < 1.29 is 14.1 Å². The maximum Gasteiger partial charge on any atom is 0.433 e. The molecular weight excluding hydrogens is 377 g/mol. The highest BCUT2D eigenvalue weighted by molar-refractivity contribution is 14.1. The van der Waals surface area contributed by atoms with Crippen LogP contribution in [0, 0.1) is 13.7 Å². The molecule has 2 aromatic rings. The summed E-state index contributed by atoms with van der Waals surface area (Å²) in [6.07, 6.45) is 1.20. The number of rotatable bonds is 4. The Labute approximate surface area is 127 Å². The molecule has 0 saturated carbocycles. The largest absolute Gasteiger partial charge is 0.433 e. The van der Waals surface area contributed by atoms with Crippen LogP contribution in [0.3, 0.4) is 0 Å². The number of hydrogen-bond donors (Lipinski definition) is 1. The highest BCUT2D eigenvalue weighted by atomic mass is 127. The summed E-state index contributed by atoms with van der Waals surface area (Å²) in [7, 11) is 0. The van der Waals surface area contributed by atoms with Crippen LogP contribution in [0.5, 0.6) is 0 Å². The summed E-state index contributed by atoms with van der Waals surface area (Å²) in [6, 6.07) is 9.64. The molecule has 0 saturated heterocycles. The second-order valence-corrected chi connectivity index (χ2v) is 4.77. The minimum absolute atomic E-state index is 0.180. The molecule has 1 heterocycles. The van der Waals surface area contributed by atoms with Gasteiger partial charge in [0.25, 0.3) is 5.91 Å². The van der Waals surface area contributed by atoms with E-state index in [1.54, 1.807) is 18.2 Å². The molecular formula is C12H8IN3O4. The molecule has 7 nitrogen and oxygen atoms in total. The SMILES string of the molecule is O=C(NN=Cc1ccc([N+](=O)[O-])o1)c1ccccc1I. The van der Waals surface area contributed by atoms with Crippen LogP contribution in [0.15, 0.2) is 45.9 Å². The summed E-state index contributed by atoms with van der Waals surface area (Å²) < 4.78 is 5.65. The third-order valence-electron chi connectivity index (χ3n) is 2.27. The van der Waals surface area contributed by atoms with Gasteiger partial charge in [0, 0.05) is 3.57 Å². The lowest BCUT2D eigenvalue weighted by Gasteiger charge is -2.01. The van der Waals surface area contributed by atoms with Crippen molar-refractivity contribution in [2.24, 2.45) is 5.10 Å². The molecule has 0 bridgehead atoms. The van der Waals surface area contributed by atoms with Gasteiger partial charge < -0.3 is 4.42 Å². The van der Waals surface area contributed by atoms with Gasteiger partial charge in [-0.2, -0.15) is 5.10 Å².